The number of nitrogens with one attached hydrogen (secondary N) is 1. The van der Waals surface area contributed by atoms with Crippen molar-refractivity contribution in [1.82, 2.24) is 10.2 Å². The fourth-order valence-electron chi connectivity index (χ4n) is 2.21. The van der Waals surface area contributed by atoms with E-state index in [-0.39, 0.29) is 23.1 Å². The zero-order chi connectivity index (χ0) is 13.1. The Kier molecular flexibility index (Phi) is 6.00. The highest BCUT2D eigenvalue weighted by atomic mass is 35.5. The lowest BCUT2D eigenvalue weighted by Gasteiger charge is -2.31. The van der Waals surface area contributed by atoms with Gasteiger partial charge in [-0.3, -0.25) is 15.0 Å². The van der Waals surface area contributed by atoms with Crippen LogP contribution in [0.1, 0.15) is 12.5 Å². The van der Waals surface area contributed by atoms with Crippen molar-refractivity contribution in [3.05, 3.63) is 38.9 Å². The number of halogens is 2. The fraction of sp³-hybridized carbons (Fsp3) is 0.500. The molecule has 1 aromatic carbocycles. The monoisotopic (exact) mass is 305 g/mol. The third-order valence-electron chi connectivity index (χ3n) is 3.07. The summed E-state index contributed by atoms with van der Waals surface area (Å²) in [6.45, 7) is 5.73. The van der Waals surface area contributed by atoms with E-state index in [9.17, 15) is 10.1 Å². The van der Waals surface area contributed by atoms with Crippen molar-refractivity contribution in [2.45, 2.75) is 19.5 Å². The maximum Gasteiger partial charge on any atom is 0.288 e. The van der Waals surface area contributed by atoms with E-state index in [2.05, 4.69) is 17.1 Å². The molecule has 0 aromatic heterocycles. The van der Waals surface area contributed by atoms with Crippen molar-refractivity contribution in [3.63, 3.8) is 0 Å². The van der Waals surface area contributed by atoms with Crippen LogP contribution in [0.2, 0.25) is 5.02 Å². The van der Waals surface area contributed by atoms with Gasteiger partial charge in [0.2, 0.25) is 0 Å². The van der Waals surface area contributed by atoms with Crippen LogP contribution in [0.5, 0.6) is 0 Å². The number of hydrogen-bond donors (Lipinski definition) is 1. The van der Waals surface area contributed by atoms with Gasteiger partial charge in [0.05, 0.1) is 4.92 Å². The predicted molar refractivity (Wildman–Crippen MR) is 78.1 cm³/mol. The molecule has 2 rings (SSSR count). The van der Waals surface area contributed by atoms with Gasteiger partial charge in [-0.25, -0.2) is 0 Å². The minimum absolute atomic E-state index is 0. The first-order chi connectivity index (χ1) is 8.56. The van der Waals surface area contributed by atoms with Crippen LogP contribution in [-0.2, 0) is 6.54 Å². The van der Waals surface area contributed by atoms with Crippen LogP contribution in [0.25, 0.3) is 0 Å². The highest BCUT2D eigenvalue weighted by molar-refractivity contribution is 6.32. The van der Waals surface area contributed by atoms with Gasteiger partial charge in [0.1, 0.15) is 5.02 Å². The summed E-state index contributed by atoms with van der Waals surface area (Å²) in [6, 6.07) is 5.47. The van der Waals surface area contributed by atoms with Gasteiger partial charge in [-0.1, -0.05) is 17.7 Å². The van der Waals surface area contributed by atoms with Crippen LogP contribution in [0, 0.1) is 10.1 Å². The van der Waals surface area contributed by atoms with Gasteiger partial charge in [-0.15, -0.1) is 12.4 Å². The molecule has 1 aliphatic heterocycles. The summed E-state index contributed by atoms with van der Waals surface area (Å²) in [6.07, 6.45) is 0. The van der Waals surface area contributed by atoms with Gasteiger partial charge in [-0.05, 0) is 18.6 Å². The molecule has 0 spiro atoms. The maximum absolute atomic E-state index is 10.8. The second kappa shape index (κ2) is 7.05. The highest BCUT2D eigenvalue weighted by Gasteiger charge is 2.18. The summed E-state index contributed by atoms with van der Waals surface area (Å²) in [5, 5.41) is 14.4. The van der Waals surface area contributed by atoms with Crippen molar-refractivity contribution in [3.8, 4) is 0 Å². The van der Waals surface area contributed by atoms with Crippen LogP contribution in [0.3, 0.4) is 0 Å². The van der Waals surface area contributed by atoms with Gasteiger partial charge in [0.15, 0.2) is 0 Å². The van der Waals surface area contributed by atoms with Gasteiger partial charge < -0.3 is 5.32 Å². The zero-order valence-corrected chi connectivity index (χ0v) is 12.2. The third-order valence-corrected chi connectivity index (χ3v) is 3.39. The van der Waals surface area contributed by atoms with Crippen molar-refractivity contribution < 1.29 is 4.92 Å². The number of nitro groups is 1. The number of hydrogen-bond acceptors (Lipinski definition) is 4. The Bertz CT molecular complexity index is 457. The topological polar surface area (TPSA) is 58.4 Å². The maximum atomic E-state index is 10.8. The van der Waals surface area contributed by atoms with Gasteiger partial charge in [0.25, 0.3) is 5.69 Å². The van der Waals surface area contributed by atoms with E-state index < -0.39 is 4.92 Å². The molecular weight excluding hydrogens is 289 g/mol. The first-order valence-electron chi connectivity index (χ1n) is 5.95. The Morgan fingerprint density at radius 1 is 1.58 bits per heavy atom. The standard InChI is InChI=1S/C12H16ClN3O2.ClH/c1-9-7-15(5-4-14-9)8-10-2-3-11(13)12(6-10)16(17)18;/h2-3,6,9,14H,4-5,7-8H2,1H3;1H/t9-;/m0./s1. The zero-order valence-electron chi connectivity index (χ0n) is 10.6. The van der Waals surface area contributed by atoms with E-state index in [1.165, 1.54) is 0 Å². The molecular formula is C12H17Cl2N3O2. The van der Waals surface area contributed by atoms with Crippen molar-refractivity contribution in [2.24, 2.45) is 0 Å². The lowest BCUT2D eigenvalue weighted by atomic mass is 10.1. The Balaban J connectivity index is 0.00000180. The second-order valence-corrected chi connectivity index (χ2v) is 5.04. The number of rotatable bonds is 3. The van der Waals surface area contributed by atoms with E-state index in [1.54, 1.807) is 12.1 Å². The van der Waals surface area contributed by atoms with E-state index >= 15 is 0 Å². The SMILES string of the molecule is C[C@H]1CN(Cc2ccc(Cl)c([N+](=O)[O-])c2)CCN1.Cl. The molecule has 0 aliphatic carbocycles. The van der Waals surface area contributed by atoms with Crippen molar-refractivity contribution in [2.75, 3.05) is 19.6 Å². The molecule has 0 unspecified atom stereocenters. The van der Waals surface area contributed by atoms with E-state index in [0.29, 0.717) is 6.04 Å². The molecule has 19 heavy (non-hydrogen) atoms. The fourth-order valence-corrected chi connectivity index (χ4v) is 2.40. The van der Waals surface area contributed by atoms with Crippen LogP contribution >= 0.6 is 24.0 Å². The van der Waals surface area contributed by atoms with Gasteiger partial charge in [-0.2, -0.15) is 0 Å². The van der Waals surface area contributed by atoms with Crippen LogP contribution in [0.4, 0.5) is 5.69 Å². The lowest BCUT2D eigenvalue weighted by molar-refractivity contribution is -0.384. The highest BCUT2D eigenvalue weighted by Crippen LogP contribution is 2.25. The van der Waals surface area contributed by atoms with Crippen LogP contribution in [-0.4, -0.2) is 35.5 Å². The lowest BCUT2D eigenvalue weighted by Crippen LogP contribution is -2.48. The summed E-state index contributed by atoms with van der Waals surface area (Å²) in [5.41, 5.74) is 0.914. The molecule has 1 heterocycles. The predicted octanol–water partition coefficient (Wildman–Crippen LogP) is 2.46. The normalized spacial score (nSPS) is 19.8. The largest absolute Gasteiger partial charge is 0.312 e. The molecule has 0 radical (unpaired) electrons. The Morgan fingerprint density at radius 2 is 2.32 bits per heavy atom. The molecule has 1 atom stereocenters. The molecule has 5 nitrogen and oxygen atoms in total. The molecule has 0 amide bonds. The number of benzene rings is 1. The summed E-state index contributed by atoms with van der Waals surface area (Å²) in [4.78, 5) is 12.7. The van der Waals surface area contributed by atoms with Gasteiger partial charge in [0, 0.05) is 38.3 Å². The number of piperazine rings is 1. The van der Waals surface area contributed by atoms with Gasteiger partial charge >= 0.3 is 0 Å². The molecule has 1 aliphatic rings. The molecule has 7 heteroatoms. The summed E-state index contributed by atoms with van der Waals surface area (Å²) < 4.78 is 0. The number of nitrogens with zero attached hydrogens (tertiary/aromatic N) is 2. The summed E-state index contributed by atoms with van der Waals surface area (Å²) in [5.74, 6) is 0. The van der Waals surface area contributed by atoms with E-state index in [1.807, 2.05) is 6.07 Å². The molecule has 1 N–H and O–H groups in total. The summed E-state index contributed by atoms with van der Waals surface area (Å²) >= 11 is 5.79. The van der Waals surface area contributed by atoms with Crippen molar-refractivity contribution in [1.29, 1.82) is 0 Å². The number of nitro benzene ring substituents is 1. The van der Waals surface area contributed by atoms with E-state index in [4.69, 9.17) is 11.6 Å². The molecule has 1 saturated heterocycles. The first kappa shape index (κ1) is 16.2. The molecule has 0 bridgehead atoms. The van der Waals surface area contributed by atoms with E-state index in [0.717, 1.165) is 31.7 Å². The smallest absolute Gasteiger partial charge is 0.288 e. The molecule has 1 aromatic rings. The Labute approximate surface area is 123 Å². The second-order valence-electron chi connectivity index (χ2n) is 4.63. The minimum atomic E-state index is -0.438. The molecule has 0 saturated carbocycles. The summed E-state index contributed by atoms with van der Waals surface area (Å²) in [7, 11) is 0. The molecule has 1 fully saturated rings. The van der Waals surface area contributed by atoms with Crippen LogP contribution < -0.4 is 5.32 Å². The average molecular weight is 306 g/mol. The minimum Gasteiger partial charge on any atom is -0.312 e. The first-order valence-corrected chi connectivity index (χ1v) is 6.32. The Hall–Kier alpha value is -0.880. The quantitative estimate of drug-likeness (QED) is 0.688. The van der Waals surface area contributed by atoms with Crippen molar-refractivity contribution >= 4 is 29.7 Å². The Morgan fingerprint density at radius 3 is 2.95 bits per heavy atom. The third kappa shape index (κ3) is 4.31. The molecule has 106 valence electrons. The van der Waals surface area contributed by atoms with Crippen LogP contribution in [0.15, 0.2) is 18.2 Å². The average Bonchev–Trinajstić information content (AvgIpc) is 2.31.